The highest BCUT2D eigenvalue weighted by Crippen LogP contribution is 2.29. The number of anilines is 1. The maximum absolute atomic E-state index is 13.6. The second kappa shape index (κ2) is 13.8. The van der Waals surface area contributed by atoms with Gasteiger partial charge in [-0.1, -0.05) is 36.4 Å². The van der Waals surface area contributed by atoms with Crippen LogP contribution in [-0.2, 0) is 27.2 Å². The lowest BCUT2D eigenvalue weighted by Crippen LogP contribution is -2.39. The fraction of sp³-hybridized carbons (Fsp3) is 0.290. The SMILES string of the molecule is COC(=O)c1ccc(NC(=O)CC2C(=O)N(CCc3ccccc3)C(=S)N2CCc2ccc(OC)c(OC)c2)cc1. The first-order valence-corrected chi connectivity index (χ1v) is 13.6. The van der Waals surface area contributed by atoms with E-state index in [0.717, 1.165) is 11.1 Å². The van der Waals surface area contributed by atoms with Gasteiger partial charge < -0.3 is 24.4 Å². The molecule has 0 aliphatic carbocycles. The molecule has 1 unspecified atom stereocenters. The van der Waals surface area contributed by atoms with Crippen LogP contribution in [0, 0.1) is 0 Å². The summed E-state index contributed by atoms with van der Waals surface area (Å²) < 4.78 is 15.5. The molecule has 214 valence electrons. The van der Waals surface area contributed by atoms with Gasteiger partial charge >= 0.3 is 5.97 Å². The molecule has 1 aliphatic rings. The Bertz CT molecular complexity index is 1400. The monoisotopic (exact) mass is 575 g/mol. The van der Waals surface area contributed by atoms with Gasteiger partial charge in [0.2, 0.25) is 5.91 Å². The summed E-state index contributed by atoms with van der Waals surface area (Å²) in [4.78, 5) is 41.8. The Morgan fingerprint density at radius 1 is 0.854 bits per heavy atom. The van der Waals surface area contributed by atoms with Gasteiger partial charge in [-0.15, -0.1) is 0 Å². The molecule has 1 aliphatic heterocycles. The average Bonchev–Trinajstić information content (AvgIpc) is 3.22. The second-order valence-electron chi connectivity index (χ2n) is 9.48. The van der Waals surface area contributed by atoms with E-state index in [2.05, 4.69) is 5.32 Å². The molecule has 1 heterocycles. The Morgan fingerprint density at radius 2 is 1.54 bits per heavy atom. The summed E-state index contributed by atoms with van der Waals surface area (Å²) in [6.07, 6.45) is 1.14. The number of hydrogen-bond donors (Lipinski definition) is 1. The molecule has 0 radical (unpaired) electrons. The third-order valence-electron chi connectivity index (χ3n) is 6.93. The van der Waals surface area contributed by atoms with Crippen LogP contribution in [0.2, 0.25) is 0 Å². The highest BCUT2D eigenvalue weighted by atomic mass is 32.1. The molecule has 1 saturated heterocycles. The summed E-state index contributed by atoms with van der Waals surface area (Å²) >= 11 is 5.78. The highest BCUT2D eigenvalue weighted by molar-refractivity contribution is 7.80. The van der Waals surface area contributed by atoms with E-state index in [1.165, 1.54) is 7.11 Å². The molecular weight excluding hydrogens is 542 g/mol. The van der Waals surface area contributed by atoms with Gasteiger partial charge in [0.15, 0.2) is 16.6 Å². The Hall–Kier alpha value is -4.44. The molecule has 9 nitrogen and oxygen atoms in total. The fourth-order valence-corrected chi connectivity index (χ4v) is 5.12. The standard InChI is InChI=1S/C31H33N3O6S/c1-38-26-14-9-22(19-27(26)39-2)16-17-33-25(20-28(35)32-24-12-10-23(11-13-24)30(37)40-3)29(36)34(31(33)41)18-15-21-7-5-4-6-8-21/h4-14,19,25H,15-18,20H2,1-3H3,(H,32,35). The number of rotatable bonds is 12. The molecule has 2 amide bonds. The highest BCUT2D eigenvalue weighted by Gasteiger charge is 2.42. The first-order valence-electron chi connectivity index (χ1n) is 13.2. The third kappa shape index (κ3) is 7.20. The number of benzene rings is 3. The van der Waals surface area contributed by atoms with Gasteiger partial charge in [0.1, 0.15) is 6.04 Å². The van der Waals surface area contributed by atoms with Gasteiger partial charge in [0.25, 0.3) is 5.91 Å². The van der Waals surface area contributed by atoms with Crippen LogP contribution in [-0.4, -0.2) is 73.2 Å². The van der Waals surface area contributed by atoms with Gasteiger partial charge in [0, 0.05) is 18.8 Å². The Labute approximate surface area is 245 Å². The van der Waals surface area contributed by atoms with Crippen LogP contribution < -0.4 is 14.8 Å². The molecule has 3 aromatic rings. The van der Waals surface area contributed by atoms with Crippen molar-refractivity contribution >= 4 is 40.8 Å². The van der Waals surface area contributed by atoms with Crippen LogP contribution in [0.3, 0.4) is 0 Å². The minimum absolute atomic E-state index is 0.0779. The Kier molecular flexibility index (Phi) is 9.91. The minimum atomic E-state index is -0.743. The van der Waals surface area contributed by atoms with Crippen LogP contribution in [0.15, 0.2) is 72.8 Å². The number of nitrogens with one attached hydrogen (secondary N) is 1. The molecule has 10 heteroatoms. The normalized spacial score (nSPS) is 14.7. The molecule has 41 heavy (non-hydrogen) atoms. The van der Waals surface area contributed by atoms with Crippen molar-refractivity contribution in [3.8, 4) is 11.5 Å². The third-order valence-corrected chi connectivity index (χ3v) is 7.38. The summed E-state index contributed by atoms with van der Waals surface area (Å²) in [5.74, 6) is 0.245. The lowest BCUT2D eigenvalue weighted by Gasteiger charge is -2.24. The number of esters is 1. The molecule has 1 fully saturated rings. The van der Waals surface area contributed by atoms with E-state index >= 15 is 0 Å². The number of nitrogens with zero attached hydrogens (tertiary/aromatic N) is 2. The lowest BCUT2D eigenvalue weighted by molar-refractivity contribution is -0.130. The van der Waals surface area contributed by atoms with Gasteiger partial charge in [-0.05, 0) is 72.6 Å². The summed E-state index contributed by atoms with van der Waals surface area (Å²) in [5, 5.41) is 3.23. The predicted molar refractivity (Wildman–Crippen MR) is 159 cm³/mol. The number of hydrogen-bond acceptors (Lipinski definition) is 7. The van der Waals surface area contributed by atoms with Crippen molar-refractivity contribution in [2.75, 3.05) is 39.7 Å². The van der Waals surface area contributed by atoms with Gasteiger partial charge in [0.05, 0.1) is 33.3 Å². The zero-order valence-electron chi connectivity index (χ0n) is 23.3. The van der Waals surface area contributed by atoms with Crippen molar-refractivity contribution in [3.05, 3.63) is 89.5 Å². The molecule has 0 spiro atoms. The summed E-state index contributed by atoms with van der Waals surface area (Å²) in [7, 11) is 4.47. The van der Waals surface area contributed by atoms with Gasteiger partial charge in [-0.25, -0.2) is 4.79 Å². The second-order valence-corrected chi connectivity index (χ2v) is 9.84. The van der Waals surface area contributed by atoms with E-state index in [1.54, 1.807) is 43.4 Å². The van der Waals surface area contributed by atoms with Gasteiger partial charge in [-0.3, -0.25) is 14.5 Å². The molecule has 4 rings (SSSR count). The van der Waals surface area contributed by atoms with Crippen molar-refractivity contribution in [2.24, 2.45) is 0 Å². The van der Waals surface area contributed by atoms with Crippen molar-refractivity contribution in [1.29, 1.82) is 0 Å². The molecular formula is C31H33N3O6S. The van der Waals surface area contributed by atoms with E-state index in [0.29, 0.717) is 53.8 Å². The summed E-state index contributed by atoms with van der Waals surface area (Å²) in [5.41, 5.74) is 2.96. The zero-order chi connectivity index (χ0) is 29.4. The number of methoxy groups -OCH3 is 3. The van der Waals surface area contributed by atoms with Crippen molar-refractivity contribution in [3.63, 3.8) is 0 Å². The van der Waals surface area contributed by atoms with Crippen LogP contribution in [0.25, 0.3) is 0 Å². The maximum atomic E-state index is 13.6. The van der Waals surface area contributed by atoms with Crippen LogP contribution in [0.5, 0.6) is 11.5 Å². The van der Waals surface area contributed by atoms with E-state index in [9.17, 15) is 14.4 Å². The number of thiocarbonyl (C=S) groups is 1. The Balaban J connectivity index is 1.49. The first kappa shape index (κ1) is 29.5. The van der Waals surface area contributed by atoms with E-state index in [4.69, 9.17) is 26.4 Å². The average molecular weight is 576 g/mol. The maximum Gasteiger partial charge on any atom is 0.337 e. The van der Waals surface area contributed by atoms with E-state index in [-0.39, 0.29) is 18.2 Å². The van der Waals surface area contributed by atoms with Gasteiger partial charge in [-0.2, -0.15) is 0 Å². The van der Waals surface area contributed by atoms with E-state index < -0.39 is 12.0 Å². The van der Waals surface area contributed by atoms with Crippen molar-refractivity contribution < 1.29 is 28.6 Å². The number of carbonyl (C=O) groups excluding carboxylic acids is 3. The zero-order valence-corrected chi connectivity index (χ0v) is 24.1. The topological polar surface area (TPSA) is 97.4 Å². The fourth-order valence-electron chi connectivity index (χ4n) is 4.72. The summed E-state index contributed by atoms with van der Waals surface area (Å²) in [6, 6.07) is 21.2. The lowest BCUT2D eigenvalue weighted by atomic mass is 10.1. The molecule has 0 aromatic heterocycles. The predicted octanol–water partition coefficient (Wildman–Crippen LogP) is 4.10. The molecule has 1 N–H and O–H groups in total. The first-order chi connectivity index (χ1) is 19.8. The minimum Gasteiger partial charge on any atom is -0.493 e. The molecule has 1 atom stereocenters. The van der Waals surface area contributed by atoms with Crippen LogP contribution in [0.4, 0.5) is 5.69 Å². The van der Waals surface area contributed by atoms with Crippen LogP contribution >= 0.6 is 12.2 Å². The number of carbonyl (C=O) groups is 3. The van der Waals surface area contributed by atoms with Crippen molar-refractivity contribution in [1.82, 2.24) is 9.80 Å². The number of ether oxygens (including phenoxy) is 3. The largest absolute Gasteiger partial charge is 0.493 e. The van der Waals surface area contributed by atoms with Crippen LogP contribution in [0.1, 0.15) is 27.9 Å². The molecule has 0 bridgehead atoms. The Morgan fingerprint density at radius 3 is 2.20 bits per heavy atom. The number of amides is 2. The van der Waals surface area contributed by atoms with Crippen molar-refractivity contribution in [2.45, 2.75) is 25.3 Å². The smallest absolute Gasteiger partial charge is 0.337 e. The van der Waals surface area contributed by atoms with E-state index in [1.807, 2.05) is 53.4 Å². The molecule has 0 saturated carbocycles. The quantitative estimate of drug-likeness (QED) is 0.255. The molecule has 3 aromatic carbocycles. The summed E-state index contributed by atoms with van der Waals surface area (Å²) in [6.45, 7) is 0.856.